The molecule has 5 nitrogen and oxygen atoms in total. The Morgan fingerprint density at radius 1 is 1.56 bits per heavy atom. The Hall–Kier alpha value is -1.46. The van der Waals surface area contributed by atoms with E-state index < -0.39 is 16.4 Å². The molecule has 0 unspecified atom stereocenters. The van der Waals surface area contributed by atoms with Gasteiger partial charge in [-0.2, -0.15) is 0 Å². The highest BCUT2D eigenvalue weighted by atomic mass is 35.5. The van der Waals surface area contributed by atoms with Gasteiger partial charge in [0, 0.05) is 12.1 Å². The quantitative estimate of drug-likeness (QED) is 0.497. The number of hydrogen-bond acceptors (Lipinski definition) is 4. The van der Waals surface area contributed by atoms with Gasteiger partial charge in [-0.25, -0.2) is 0 Å². The third kappa shape index (κ3) is 2.77. The monoisotopic (exact) mass is 243 g/mol. The minimum absolute atomic E-state index is 0.149. The van der Waals surface area contributed by atoms with Crippen molar-refractivity contribution in [1.82, 2.24) is 0 Å². The van der Waals surface area contributed by atoms with Crippen LogP contribution in [0.25, 0.3) is 0 Å². The van der Waals surface area contributed by atoms with Crippen molar-refractivity contribution in [1.29, 1.82) is 0 Å². The molecule has 0 amide bonds. The van der Waals surface area contributed by atoms with Crippen LogP contribution in [0.3, 0.4) is 0 Å². The number of carbonyl (C=O) groups excluding carboxylic acids is 1. The molecule has 86 valence electrons. The number of carbonyl (C=O) groups is 1. The average molecular weight is 244 g/mol. The lowest BCUT2D eigenvalue weighted by molar-refractivity contribution is -0.385. The lowest BCUT2D eigenvalue weighted by Gasteiger charge is -2.14. The second-order valence-corrected chi connectivity index (χ2v) is 3.78. The molecule has 0 saturated carbocycles. The molecule has 0 bridgehead atoms. The summed E-state index contributed by atoms with van der Waals surface area (Å²) >= 11 is 5.66. The van der Waals surface area contributed by atoms with Gasteiger partial charge in [-0.3, -0.25) is 14.9 Å². The molecular formula is C10H10ClNO4. The van der Waals surface area contributed by atoms with E-state index in [1.54, 1.807) is 0 Å². The Morgan fingerprint density at radius 3 is 2.69 bits per heavy atom. The number of aliphatic hydroxyl groups excluding tert-OH is 1. The fraction of sp³-hybridized carbons (Fsp3) is 0.300. The molecule has 6 heteroatoms. The number of halogens is 1. The van der Waals surface area contributed by atoms with E-state index in [9.17, 15) is 20.0 Å². The van der Waals surface area contributed by atoms with Crippen LogP contribution in [-0.4, -0.2) is 21.2 Å². The van der Waals surface area contributed by atoms with E-state index in [0.29, 0.717) is 0 Å². The van der Waals surface area contributed by atoms with Crippen LogP contribution in [0.15, 0.2) is 24.3 Å². The molecule has 2 atom stereocenters. The standard InChI is InChI=1S/C10H10ClNO4/c1-6(13)9(11)10(14)7-3-2-4-8(5-7)12(15)16/h2-5,9-10,14H,1H3/t9-,10+/m1/s1. The van der Waals surface area contributed by atoms with E-state index in [2.05, 4.69) is 0 Å². The van der Waals surface area contributed by atoms with Crippen molar-refractivity contribution in [3.8, 4) is 0 Å². The Bertz CT molecular complexity index is 421. The Morgan fingerprint density at radius 2 is 2.19 bits per heavy atom. The molecule has 1 N–H and O–H groups in total. The minimum atomic E-state index is -1.24. The highest BCUT2D eigenvalue weighted by Crippen LogP contribution is 2.24. The summed E-state index contributed by atoms with van der Waals surface area (Å²) in [5, 5.41) is 19.1. The predicted molar refractivity (Wildman–Crippen MR) is 58.4 cm³/mol. The number of aliphatic hydroxyl groups is 1. The van der Waals surface area contributed by atoms with E-state index in [0.717, 1.165) is 0 Å². The summed E-state index contributed by atoms with van der Waals surface area (Å²) in [6.45, 7) is 1.25. The van der Waals surface area contributed by atoms with Gasteiger partial charge < -0.3 is 5.11 Å². The van der Waals surface area contributed by atoms with Gasteiger partial charge in [-0.15, -0.1) is 11.6 Å². The maximum Gasteiger partial charge on any atom is 0.269 e. The number of nitro benzene ring substituents is 1. The van der Waals surface area contributed by atoms with Crippen LogP contribution in [0, 0.1) is 10.1 Å². The normalized spacial score (nSPS) is 14.2. The van der Waals surface area contributed by atoms with E-state index in [1.807, 2.05) is 0 Å². The maximum absolute atomic E-state index is 11.0. The van der Waals surface area contributed by atoms with Gasteiger partial charge in [0.25, 0.3) is 5.69 Å². The number of hydrogen-bond donors (Lipinski definition) is 1. The molecule has 0 aliphatic rings. The third-order valence-electron chi connectivity index (χ3n) is 2.09. The van der Waals surface area contributed by atoms with Crippen molar-refractivity contribution in [3.63, 3.8) is 0 Å². The van der Waals surface area contributed by atoms with E-state index in [4.69, 9.17) is 11.6 Å². The second kappa shape index (κ2) is 5.05. The van der Waals surface area contributed by atoms with Crippen LogP contribution in [0.4, 0.5) is 5.69 Å². The summed E-state index contributed by atoms with van der Waals surface area (Å²) in [7, 11) is 0. The zero-order valence-corrected chi connectivity index (χ0v) is 9.22. The van der Waals surface area contributed by atoms with Gasteiger partial charge in [-0.05, 0) is 12.5 Å². The summed E-state index contributed by atoms with van der Waals surface area (Å²) in [5.74, 6) is -0.388. The third-order valence-corrected chi connectivity index (χ3v) is 2.63. The summed E-state index contributed by atoms with van der Waals surface area (Å²) in [5.41, 5.74) is 0.105. The lowest BCUT2D eigenvalue weighted by atomic mass is 10.0. The molecule has 16 heavy (non-hydrogen) atoms. The Balaban J connectivity index is 3.00. The molecule has 0 heterocycles. The van der Waals surface area contributed by atoms with Crippen molar-refractivity contribution < 1.29 is 14.8 Å². The Labute approximate surface area is 96.8 Å². The minimum Gasteiger partial charge on any atom is -0.386 e. The maximum atomic E-state index is 11.0. The largest absolute Gasteiger partial charge is 0.386 e. The van der Waals surface area contributed by atoms with Gasteiger partial charge in [-0.1, -0.05) is 12.1 Å². The van der Waals surface area contributed by atoms with Gasteiger partial charge in [0.15, 0.2) is 5.78 Å². The number of benzene rings is 1. The number of rotatable bonds is 4. The lowest BCUT2D eigenvalue weighted by Crippen LogP contribution is -2.20. The molecule has 0 radical (unpaired) electrons. The molecule has 0 saturated heterocycles. The molecule has 0 aliphatic heterocycles. The summed E-state index contributed by atoms with van der Waals surface area (Å²) in [6, 6.07) is 5.41. The van der Waals surface area contributed by atoms with E-state index in [1.165, 1.54) is 31.2 Å². The highest BCUT2D eigenvalue weighted by Gasteiger charge is 2.23. The predicted octanol–water partition coefficient (Wildman–Crippen LogP) is 1.82. The van der Waals surface area contributed by atoms with E-state index >= 15 is 0 Å². The molecular weight excluding hydrogens is 234 g/mol. The number of ketones is 1. The molecule has 0 aromatic heterocycles. The summed E-state index contributed by atoms with van der Waals surface area (Å²) < 4.78 is 0. The number of Topliss-reactive ketones (excluding diaryl/α,β-unsaturated/α-hetero) is 1. The van der Waals surface area contributed by atoms with Crippen LogP contribution in [-0.2, 0) is 4.79 Å². The van der Waals surface area contributed by atoms with Crippen LogP contribution in [0.1, 0.15) is 18.6 Å². The summed E-state index contributed by atoms with van der Waals surface area (Å²) in [6.07, 6.45) is -1.24. The molecule has 1 rings (SSSR count). The first kappa shape index (κ1) is 12.6. The van der Waals surface area contributed by atoms with Crippen molar-refractivity contribution >= 4 is 23.1 Å². The van der Waals surface area contributed by atoms with Gasteiger partial charge >= 0.3 is 0 Å². The number of alkyl halides is 1. The van der Waals surface area contributed by atoms with Gasteiger partial charge in [0.05, 0.1) is 4.92 Å². The van der Waals surface area contributed by atoms with Gasteiger partial charge in [0.1, 0.15) is 11.5 Å². The van der Waals surface area contributed by atoms with E-state index in [-0.39, 0.29) is 17.0 Å². The topological polar surface area (TPSA) is 80.4 Å². The first-order chi connectivity index (χ1) is 7.43. The molecule has 1 aromatic rings. The van der Waals surface area contributed by atoms with Crippen LogP contribution < -0.4 is 0 Å². The molecule has 1 aromatic carbocycles. The zero-order valence-electron chi connectivity index (χ0n) is 8.46. The van der Waals surface area contributed by atoms with Gasteiger partial charge in [0.2, 0.25) is 0 Å². The first-order valence-electron chi connectivity index (χ1n) is 4.50. The first-order valence-corrected chi connectivity index (χ1v) is 4.94. The number of nitro groups is 1. The van der Waals surface area contributed by atoms with Crippen LogP contribution in [0.5, 0.6) is 0 Å². The van der Waals surface area contributed by atoms with Crippen molar-refractivity contribution in [2.24, 2.45) is 0 Å². The molecule has 0 fully saturated rings. The average Bonchev–Trinajstić information content (AvgIpc) is 2.27. The molecule has 0 aliphatic carbocycles. The molecule has 0 spiro atoms. The zero-order chi connectivity index (χ0) is 12.3. The second-order valence-electron chi connectivity index (χ2n) is 3.31. The van der Waals surface area contributed by atoms with Crippen molar-refractivity contribution in [2.75, 3.05) is 0 Å². The summed E-state index contributed by atoms with van der Waals surface area (Å²) in [4.78, 5) is 20.9. The number of non-ortho nitro benzene ring substituents is 1. The van der Waals surface area contributed by atoms with Crippen molar-refractivity contribution in [3.05, 3.63) is 39.9 Å². The Kier molecular flexibility index (Phi) is 3.98. The SMILES string of the molecule is CC(=O)[C@@H](Cl)[C@@H](O)c1cccc([N+](=O)[O-])c1. The smallest absolute Gasteiger partial charge is 0.269 e. The van der Waals surface area contributed by atoms with Crippen LogP contribution in [0.2, 0.25) is 0 Å². The number of nitrogens with zero attached hydrogens (tertiary/aromatic N) is 1. The highest BCUT2D eigenvalue weighted by molar-refractivity contribution is 6.31. The fourth-order valence-corrected chi connectivity index (χ4v) is 1.36. The fourth-order valence-electron chi connectivity index (χ4n) is 1.21. The van der Waals surface area contributed by atoms with Crippen molar-refractivity contribution in [2.45, 2.75) is 18.4 Å². The van der Waals surface area contributed by atoms with Crippen LogP contribution >= 0.6 is 11.6 Å².